The van der Waals surface area contributed by atoms with Crippen LogP contribution in [-0.2, 0) is 26.3 Å². The van der Waals surface area contributed by atoms with E-state index < -0.39 is 46.6 Å². The zero-order valence-corrected chi connectivity index (χ0v) is 18.0. The zero-order valence-electron chi connectivity index (χ0n) is 18.0. The van der Waals surface area contributed by atoms with E-state index in [-0.39, 0.29) is 11.7 Å². The number of nitrogens with one attached hydrogen (secondary N) is 2. The molecule has 3 N–H and O–H groups in total. The summed E-state index contributed by atoms with van der Waals surface area (Å²) in [5, 5.41) is 15.7. The molecule has 3 aliphatic rings. The van der Waals surface area contributed by atoms with Gasteiger partial charge in [0, 0.05) is 22.8 Å². The Hall–Kier alpha value is -3.26. The average molecular weight is 437 g/mol. The normalized spacial score (nSPS) is 28.9. The summed E-state index contributed by atoms with van der Waals surface area (Å²) >= 11 is 0. The first-order valence-corrected chi connectivity index (χ1v) is 10.6. The third-order valence-electron chi connectivity index (χ3n) is 6.74. The lowest BCUT2D eigenvalue weighted by Crippen LogP contribution is -2.56. The molecule has 166 valence electrons. The molecule has 32 heavy (non-hydrogen) atoms. The number of phenolic OH excluding ortho intramolecular Hbond substituents is 1. The van der Waals surface area contributed by atoms with Crippen LogP contribution in [0.2, 0.25) is 0 Å². The summed E-state index contributed by atoms with van der Waals surface area (Å²) in [6.07, 6.45) is 0.359. The second-order valence-corrected chi connectivity index (χ2v) is 9.76. The van der Waals surface area contributed by atoms with E-state index in [4.69, 9.17) is 0 Å². The van der Waals surface area contributed by atoms with Gasteiger partial charge in [0.05, 0.1) is 11.8 Å². The van der Waals surface area contributed by atoms with Crippen LogP contribution >= 0.6 is 0 Å². The van der Waals surface area contributed by atoms with Crippen LogP contribution in [0.5, 0.6) is 5.75 Å². The Morgan fingerprint density at radius 3 is 2.41 bits per heavy atom. The highest BCUT2D eigenvalue weighted by molar-refractivity contribution is 6.15. The third kappa shape index (κ3) is 2.72. The van der Waals surface area contributed by atoms with Gasteiger partial charge >= 0.3 is 0 Å². The van der Waals surface area contributed by atoms with Crippen molar-refractivity contribution >= 4 is 23.4 Å². The smallest absolute Gasteiger partial charge is 0.250 e. The first kappa shape index (κ1) is 20.6. The lowest BCUT2D eigenvalue weighted by molar-refractivity contribution is -0.147. The summed E-state index contributed by atoms with van der Waals surface area (Å²) in [5.74, 6) is -3.40. The standard InChI is InChI=1S/C24H24FN3O4/c1-23(2,3)28-20(30)18-17(10-12-4-7-14(29)8-5-12)27-24(19(18)21(28)31)15-11-13(25)6-9-16(15)26-22(24)32/h4-9,11,17-19,27,29H,10H2,1-3H3,(H,26,32)/t17?,18-,19+,24?/m1/s1. The highest BCUT2D eigenvalue weighted by Gasteiger charge is 2.71. The van der Waals surface area contributed by atoms with Crippen molar-refractivity contribution in [3.63, 3.8) is 0 Å². The van der Waals surface area contributed by atoms with Crippen LogP contribution in [0.1, 0.15) is 31.9 Å². The number of amides is 3. The van der Waals surface area contributed by atoms with Crippen LogP contribution < -0.4 is 10.6 Å². The van der Waals surface area contributed by atoms with Gasteiger partial charge in [0.25, 0.3) is 0 Å². The molecule has 2 saturated heterocycles. The molecule has 1 spiro atoms. The SMILES string of the molecule is CC(C)(C)N1C(=O)[C@@H]2C(Cc3ccc(O)cc3)NC3(C(=O)Nc4ccc(F)cc43)[C@@H]2C1=O. The Morgan fingerprint density at radius 2 is 1.75 bits per heavy atom. The molecule has 3 amide bonds. The number of nitrogens with zero attached hydrogens (tertiary/aromatic N) is 1. The Morgan fingerprint density at radius 1 is 1.06 bits per heavy atom. The molecule has 2 fully saturated rings. The van der Waals surface area contributed by atoms with Crippen molar-refractivity contribution < 1.29 is 23.9 Å². The number of fused-ring (bicyclic) bond motifs is 4. The maximum absolute atomic E-state index is 14.2. The molecule has 0 saturated carbocycles. The first-order valence-electron chi connectivity index (χ1n) is 10.6. The first-order chi connectivity index (χ1) is 15.0. The van der Waals surface area contributed by atoms with Gasteiger partial charge in [-0.2, -0.15) is 0 Å². The van der Waals surface area contributed by atoms with Crippen molar-refractivity contribution in [2.75, 3.05) is 5.32 Å². The molecule has 0 bridgehead atoms. The predicted molar refractivity (Wildman–Crippen MR) is 114 cm³/mol. The van der Waals surface area contributed by atoms with Gasteiger partial charge in [-0.1, -0.05) is 12.1 Å². The van der Waals surface area contributed by atoms with Gasteiger partial charge in [0.1, 0.15) is 17.1 Å². The van der Waals surface area contributed by atoms with Crippen LogP contribution in [0.25, 0.3) is 0 Å². The van der Waals surface area contributed by atoms with E-state index in [0.717, 1.165) is 5.56 Å². The quantitative estimate of drug-likeness (QED) is 0.627. The maximum Gasteiger partial charge on any atom is 0.250 e. The van der Waals surface area contributed by atoms with Crippen molar-refractivity contribution in [2.24, 2.45) is 11.8 Å². The maximum atomic E-state index is 14.2. The van der Waals surface area contributed by atoms with E-state index in [1.54, 1.807) is 45.0 Å². The molecular weight excluding hydrogens is 413 g/mol. The summed E-state index contributed by atoms with van der Waals surface area (Å²) in [7, 11) is 0. The lowest BCUT2D eigenvalue weighted by Gasteiger charge is -2.34. The number of carbonyl (C=O) groups excluding carboxylic acids is 3. The number of halogens is 1. The fourth-order valence-corrected chi connectivity index (χ4v) is 5.50. The molecule has 0 aromatic heterocycles. The van der Waals surface area contributed by atoms with Crippen molar-refractivity contribution in [3.05, 3.63) is 59.4 Å². The average Bonchev–Trinajstić information content (AvgIpc) is 3.28. The lowest BCUT2D eigenvalue weighted by atomic mass is 9.76. The van der Waals surface area contributed by atoms with E-state index in [0.29, 0.717) is 17.7 Å². The van der Waals surface area contributed by atoms with Crippen LogP contribution in [0.15, 0.2) is 42.5 Å². The van der Waals surface area contributed by atoms with Gasteiger partial charge in [-0.05, 0) is 63.1 Å². The second-order valence-electron chi connectivity index (χ2n) is 9.76. The highest BCUT2D eigenvalue weighted by Crippen LogP contribution is 2.54. The van der Waals surface area contributed by atoms with E-state index in [2.05, 4.69) is 10.6 Å². The van der Waals surface area contributed by atoms with Gasteiger partial charge in [-0.3, -0.25) is 24.6 Å². The molecule has 2 aromatic rings. The van der Waals surface area contributed by atoms with Gasteiger partial charge in [0.2, 0.25) is 17.7 Å². The minimum atomic E-state index is -1.53. The number of hydrogen-bond acceptors (Lipinski definition) is 5. The number of rotatable bonds is 2. The number of carbonyl (C=O) groups is 3. The monoisotopic (exact) mass is 437 g/mol. The molecule has 0 aliphatic carbocycles. The summed E-state index contributed by atoms with van der Waals surface area (Å²) in [6.45, 7) is 5.34. The van der Waals surface area contributed by atoms with Crippen LogP contribution in [-0.4, -0.2) is 39.3 Å². The van der Waals surface area contributed by atoms with Crippen molar-refractivity contribution in [1.82, 2.24) is 10.2 Å². The van der Waals surface area contributed by atoms with Crippen LogP contribution in [0, 0.1) is 17.7 Å². The summed E-state index contributed by atoms with van der Waals surface area (Å²) in [4.78, 5) is 41.8. The number of anilines is 1. The largest absolute Gasteiger partial charge is 0.508 e. The van der Waals surface area contributed by atoms with Gasteiger partial charge in [-0.25, -0.2) is 4.39 Å². The molecular formula is C24H24FN3O4. The number of benzene rings is 2. The Labute approximate surface area is 184 Å². The number of phenols is 1. The van der Waals surface area contributed by atoms with Crippen LogP contribution in [0.3, 0.4) is 0 Å². The van der Waals surface area contributed by atoms with E-state index >= 15 is 0 Å². The molecule has 3 aliphatic heterocycles. The minimum Gasteiger partial charge on any atom is -0.508 e. The van der Waals surface area contributed by atoms with E-state index in [1.165, 1.54) is 23.1 Å². The topological polar surface area (TPSA) is 98.7 Å². The van der Waals surface area contributed by atoms with Crippen molar-refractivity contribution in [2.45, 2.75) is 44.3 Å². The Bertz CT molecular complexity index is 1160. The molecule has 3 heterocycles. The molecule has 8 heteroatoms. The summed E-state index contributed by atoms with van der Waals surface area (Å²) in [6, 6.07) is 10.0. The second kappa shape index (κ2) is 6.62. The minimum absolute atomic E-state index is 0.119. The highest BCUT2D eigenvalue weighted by atomic mass is 19.1. The number of imide groups is 1. The summed E-state index contributed by atoms with van der Waals surface area (Å²) in [5.41, 5.74) is -0.674. The summed E-state index contributed by atoms with van der Waals surface area (Å²) < 4.78 is 14.2. The van der Waals surface area contributed by atoms with Crippen molar-refractivity contribution in [3.8, 4) is 5.75 Å². The van der Waals surface area contributed by atoms with Crippen molar-refractivity contribution in [1.29, 1.82) is 0 Å². The van der Waals surface area contributed by atoms with Gasteiger partial charge in [0.15, 0.2) is 0 Å². The van der Waals surface area contributed by atoms with Gasteiger partial charge in [-0.15, -0.1) is 0 Å². The fraction of sp³-hybridized carbons (Fsp3) is 0.375. The molecule has 4 atom stereocenters. The Kier molecular flexibility index (Phi) is 4.27. The van der Waals surface area contributed by atoms with Crippen LogP contribution in [0.4, 0.5) is 10.1 Å². The Balaban J connectivity index is 1.66. The number of hydrogen-bond donors (Lipinski definition) is 3. The van der Waals surface area contributed by atoms with E-state index in [1.807, 2.05) is 0 Å². The predicted octanol–water partition coefficient (Wildman–Crippen LogP) is 2.29. The third-order valence-corrected chi connectivity index (χ3v) is 6.74. The molecule has 0 radical (unpaired) electrons. The molecule has 2 unspecified atom stereocenters. The molecule has 7 nitrogen and oxygen atoms in total. The fourth-order valence-electron chi connectivity index (χ4n) is 5.50. The van der Waals surface area contributed by atoms with Gasteiger partial charge < -0.3 is 10.4 Å². The number of likely N-dealkylation sites (tertiary alicyclic amines) is 1. The zero-order chi connectivity index (χ0) is 23.0. The van der Waals surface area contributed by atoms with E-state index in [9.17, 15) is 23.9 Å². The molecule has 2 aromatic carbocycles. The molecule has 5 rings (SSSR count). The number of aromatic hydroxyl groups is 1.